The molecule has 0 aliphatic heterocycles. The minimum Gasteiger partial charge on any atom is -0.495 e. The summed E-state index contributed by atoms with van der Waals surface area (Å²) < 4.78 is 5.97. The molecule has 15 heavy (non-hydrogen) atoms. The number of rotatable bonds is 4. The molecule has 1 amide bonds. The minimum absolute atomic E-state index is 0.0469. The van der Waals surface area contributed by atoms with E-state index in [1.807, 2.05) is 12.1 Å². The van der Waals surface area contributed by atoms with E-state index in [9.17, 15) is 4.79 Å². The topological polar surface area (TPSA) is 38.3 Å². The first-order chi connectivity index (χ1) is 7.17. The lowest BCUT2D eigenvalue weighted by Gasteiger charge is -2.07. The van der Waals surface area contributed by atoms with Gasteiger partial charge in [-0.2, -0.15) is 12.6 Å². The molecule has 5 heteroatoms. The Morgan fingerprint density at radius 2 is 2.33 bits per heavy atom. The fourth-order valence-electron chi connectivity index (χ4n) is 1.06. The highest BCUT2D eigenvalue weighted by molar-refractivity contribution is 9.10. The highest BCUT2D eigenvalue weighted by atomic mass is 79.9. The van der Waals surface area contributed by atoms with Crippen LogP contribution in [0.25, 0.3) is 0 Å². The molecule has 1 aromatic carbocycles. The normalized spacial score (nSPS) is 9.80. The van der Waals surface area contributed by atoms with Gasteiger partial charge < -0.3 is 10.1 Å². The van der Waals surface area contributed by atoms with Gasteiger partial charge in [0.15, 0.2) is 0 Å². The van der Waals surface area contributed by atoms with E-state index in [0.717, 1.165) is 10.2 Å². The number of hydrogen-bond acceptors (Lipinski definition) is 3. The van der Waals surface area contributed by atoms with E-state index in [-0.39, 0.29) is 5.91 Å². The molecule has 0 radical (unpaired) electrons. The van der Waals surface area contributed by atoms with Crippen molar-refractivity contribution < 1.29 is 9.53 Å². The van der Waals surface area contributed by atoms with Crippen LogP contribution in [0.2, 0.25) is 0 Å². The van der Waals surface area contributed by atoms with Crippen molar-refractivity contribution in [3.05, 3.63) is 22.7 Å². The minimum atomic E-state index is -0.0469. The van der Waals surface area contributed by atoms with Crippen molar-refractivity contribution in [1.82, 2.24) is 0 Å². The quantitative estimate of drug-likeness (QED) is 0.837. The first-order valence-electron chi connectivity index (χ1n) is 4.41. The van der Waals surface area contributed by atoms with Crippen LogP contribution in [0, 0.1) is 0 Å². The van der Waals surface area contributed by atoms with Gasteiger partial charge in [-0.1, -0.05) is 0 Å². The van der Waals surface area contributed by atoms with Gasteiger partial charge in [-0.3, -0.25) is 4.79 Å². The number of methoxy groups -OCH3 is 1. The Labute approximate surface area is 103 Å². The Morgan fingerprint density at radius 1 is 1.60 bits per heavy atom. The highest BCUT2D eigenvalue weighted by Crippen LogP contribution is 2.27. The van der Waals surface area contributed by atoms with Crippen molar-refractivity contribution in [2.75, 3.05) is 18.2 Å². The molecular weight excluding hydrogens is 278 g/mol. The Morgan fingerprint density at radius 3 is 2.93 bits per heavy atom. The van der Waals surface area contributed by atoms with E-state index in [1.165, 1.54) is 0 Å². The summed E-state index contributed by atoms with van der Waals surface area (Å²) in [6.45, 7) is 0. The van der Waals surface area contributed by atoms with Gasteiger partial charge in [0, 0.05) is 18.2 Å². The largest absolute Gasteiger partial charge is 0.495 e. The van der Waals surface area contributed by atoms with Gasteiger partial charge in [-0.15, -0.1) is 0 Å². The summed E-state index contributed by atoms with van der Waals surface area (Å²) in [7, 11) is 1.58. The van der Waals surface area contributed by atoms with Crippen LogP contribution in [0.5, 0.6) is 5.75 Å². The third-order valence-electron chi connectivity index (χ3n) is 1.77. The molecule has 0 saturated heterocycles. The van der Waals surface area contributed by atoms with Crippen molar-refractivity contribution in [3.8, 4) is 5.75 Å². The van der Waals surface area contributed by atoms with E-state index in [4.69, 9.17) is 4.74 Å². The van der Waals surface area contributed by atoms with Crippen LogP contribution in [-0.2, 0) is 4.79 Å². The number of carbonyl (C=O) groups is 1. The molecule has 0 heterocycles. The fraction of sp³-hybridized carbons (Fsp3) is 0.300. The van der Waals surface area contributed by atoms with Gasteiger partial charge in [0.2, 0.25) is 5.91 Å². The summed E-state index contributed by atoms with van der Waals surface area (Å²) >= 11 is 7.33. The molecule has 0 unspecified atom stereocenters. The van der Waals surface area contributed by atoms with E-state index < -0.39 is 0 Å². The number of ether oxygens (including phenoxy) is 1. The van der Waals surface area contributed by atoms with Crippen LogP contribution >= 0.6 is 28.6 Å². The number of halogens is 1. The maximum absolute atomic E-state index is 11.3. The molecule has 0 bridgehead atoms. The predicted molar refractivity (Wildman–Crippen MR) is 67.8 cm³/mol. The molecule has 0 aliphatic carbocycles. The van der Waals surface area contributed by atoms with Crippen molar-refractivity contribution >= 4 is 40.2 Å². The molecule has 3 nitrogen and oxygen atoms in total. The number of hydrogen-bond donors (Lipinski definition) is 2. The third kappa shape index (κ3) is 3.76. The smallest absolute Gasteiger partial charge is 0.225 e. The fourth-order valence-corrected chi connectivity index (χ4v) is 1.67. The Balaban J connectivity index is 2.74. The summed E-state index contributed by atoms with van der Waals surface area (Å²) in [6.07, 6.45) is 0.404. The van der Waals surface area contributed by atoms with Crippen LogP contribution < -0.4 is 10.1 Å². The molecule has 0 saturated carbocycles. The molecule has 0 aromatic heterocycles. The van der Waals surface area contributed by atoms with Gasteiger partial charge in [0.1, 0.15) is 5.75 Å². The van der Waals surface area contributed by atoms with Crippen LogP contribution in [0.15, 0.2) is 22.7 Å². The summed E-state index contributed by atoms with van der Waals surface area (Å²) in [5.74, 6) is 1.19. The SMILES string of the molecule is COc1cc(NC(=O)CCS)ccc1Br. The molecule has 0 aliphatic rings. The van der Waals surface area contributed by atoms with Crippen molar-refractivity contribution in [1.29, 1.82) is 0 Å². The Bertz CT molecular complexity index is 357. The number of thiol groups is 1. The van der Waals surface area contributed by atoms with Gasteiger partial charge in [0.05, 0.1) is 11.6 Å². The van der Waals surface area contributed by atoms with Crippen molar-refractivity contribution in [2.24, 2.45) is 0 Å². The molecule has 0 spiro atoms. The van der Waals surface area contributed by atoms with Crippen LogP contribution in [0.1, 0.15) is 6.42 Å². The van der Waals surface area contributed by atoms with Crippen LogP contribution in [0.4, 0.5) is 5.69 Å². The zero-order valence-corrected chi connectivity index (χ0v) is 10.8. The second-order valence-electron chi connectivity index (χ2n) is 2.87. The number of nitrogens with one attached hydrogen (secondary N) is 1. The first-order valence-corrected chi connectivity index (χ1v) is 5.84. The maximum atomic E-state index is 11.3. The van der Waals surface area contributed by atoms with Gasteiger partial charge in [0.25, 0.3) is 0 Å². The van der Waals surface area contributed by atoms with Crippen LogP contribution in [0.3, 0.4) is 0 Å². The number of benzene rings is 1. The van der Waals surface area contributed by atoms with Crippen LogP contribution in [-0.4, -0.2) is 18.8 Å². The van der Waals surface area contributed by atoms with E-state index >= 15 is 0 Å². The zero-order valence-electron chi connectivity index (χ0n) is 8.29. The molecule has 0 atom stereocenters. The van der Waals surface area contributed by atoms with Crippen molar-refractivity contribution in [2.45, 2.75) is 6.42 Å². The second-order valence-corrected chi connectivity index (χ2v) is 4.17. The summed E-state index contributed by atoms with van der Waals surface area (Å²) in [5, 5.41) is 2.76. The van der Waals surface area contributed by atoms with Crippen molar-refractivity contribution in [3.63, 3.8) is 0 Å². The molecule has 0 fully saturated rings. The number of anilines is 1. The molecule has 82 valence electrons. The summed E-state index contributed by atoms with van der Waals surface area (Å²) in [5.41, 5.74) is 0.724. The molecule has 1 rings (SSSR count). The standard InChI is InChI=1S/C10H12BrNO2S/c1-14-9-6-7(2-3-8(9)11)12-10(13)4-5-15/h2-3,6,15H,4-5H2,1H3,(H,12,13). The highest BCUT2D eigenvalue weighted by Gasteiger charge is 2.04. The van der Waals surface area contributed by atoms with E-state index in [1.54, 1.807) is 13.2 Å². The Kier molecular flexibility index (Phi) is 4.98. The van der Waals surface area contributed by atoms with Gasteiger partial charge >= 0.3 is 0 Å². The lowest BCUT2D eigenvalue weighted by atomic mass is 10.3. The van der Waals surface area contributed by atoms with Gasteiger partial charge in [-0.25, -0.2) is 0 Å². The predicted octanol–water partition coefficient (Wildman–Crippen LogP) is 2.72. The molecule has 1 N–H and O–H groups in total. The zero-order chi connectivity index (χ0) is 11.3. The maximum Gasteiger partial charge on any atom is 0.225 e. The third-order valence-corrected chi connectivity index (χ3v) is 2.65. The van der Waals surface area contributed by atoms with E-state index in [2.05, 4.69) is 33.9 Å². The summed E-state index contributed by atoms with van der Waals surface area (Å²) in [6, 6.07) is 5.40. The number of carbonyl (C=O) groups excluding carboxylic acids is 1. The summed E-state index contributed by atoms with van der Waals surface area (Å²) in [4.78, 5) is 11.3. The lowest BCUT2D eigenvalue weighted by Crippen LogP contribution is -2.11. The van der Waals surface area contributed by atoms with Gasteiger partial charge in [-0.05, 0) is 33.8 Å². The lowest BCUT2D eigenvalue weighted by molar-refractivity contribution is -0.115. The Hall–Kier alpha value is -0.680. The van der Waals surface area contributed by atoms with E-state index in [0.29, 0.717) is 17.9 Å². The second kappa shape index (κ2) is 6.02. The molecule has 1 aromatic rings. The molecular formula is C10H12BrNO2S. The average molecular weight is 290 g/mol. The average Bonchev–Trinajstić information content (AvgIpc) is 2.21. The number of amides is 1. The monoisotopic (exact) mass is 289 g/mol. The first kappa shape index (κ1) is 12.4.